The lowest BCUT2D eigenvalue weighted by atomic mass is 9.85. The van der Waals surface area contributed by atoms with Crippen LogP contribution in [-0.2, 0) is 9.53 Å². The van der Waals surface area contributed by atoms with Gasteiger partial charge in [0.1, 0.15) is 11.4 Å². The molecule has 0 aliphatic carbocycles. The number of hydrogen-bond acceptors (Lipinski definition) is 5. The van der Waals surface area contributed by atoms with Crippen molar-refractivity contribution in [2.45, 2.75) is 18.7 Å². The lowest BCUT2D eigenvalue weighted by Crippen LogP contribution is -2.24. The Balaban J connectivity index is 2.04. The molecule has 1 aliphatic heterocycles. The molecule has 2 aromatic rings. The number of amides is 1. The van der Waals surface area contributed by atoms with Crippen molar-refractivity contribution in [1.29, 1.82) is 0 Å². The lowest BCUT2D eigenvalue weighted by molar-refractivity contribution is -0.274. The Labute approximate surface area is 139 Å². The number of aromatic amines is 1. The molecule has 132 valence electrons. The first-order chi connectivity index (χ1) is 11.8. The molecule has 1 aromatic heterocycles. The average molecular weight is 355 g/mol. The van der Waals surface area contributed by atoms with Crippen LogP contribution in [0.1, 0.15) is 34.0 Å². The molecule has 0 radical (unpaired) electrons. The van der Waals surface area contributed by atoms with E-state index in [1.807, 2.05) is 0 Å². The second-order valence-corrected chi connectivity index (χ2v) is 5.28. The van der Waals surface area contributed by atoms with Gasteiger partial charge in [-0.3, -0.25) is 9.89 Å². The number of methoxy groups -OCH3 is 1. The number of esters is 1. The van der Waals surface area contributed by atoms with Gasteiger partial charge in [0.15, 0.2) is 5.82 Å². The molecule has 0 saturated heterocycles. The summed E-state index contributed by atoms with van der Waals surface area (Å²) in [6.45, 7) is 0. The fourth-order valence-corrected chi connectivity index (χ4v) is 2.73. The van der Waals surface area contributed by atoms with E-state index in [9.17, 15) is 22.8 Å². The van der Waals surface area contributed by atoms with Gasteiger partial charge in [-0.25, -0.2) is 4.79 Å². The smallest absolute Gasteiger partial charge is 0.464 e. The lowest BCUT2D eigenvalue weighted by Gasteiger charge is -2.23. The molecule has 10 heteroatoms. The van der Waals surface area contributed by atoms with Crippen LogP contribution in [-0.4, -0.2) is 35.5 Å². The molecule has 1 amide bonds. The van der Waals surface area contributed by atoms with Gasteiger partial charge in [0, 0.05) is 17.9 Å². The number of nitrogens with one attached hydrogen (secondary N) is 2. The first kappa shape index (κ1) is 16.8. The number of ether oxygens (including phenoxy) is 2. The highest BCUT2D eigenvalue weighted by atomic mass is 19.4. The second kappa shape index (κ2) is 6.11. The van der Waals surface area contributed by atoms with Crippen molar-refractivity contribution in [2.24, 2.45) is 0 Å². The number of alkyl halides is 3. The van der Waals surface area contributed by atoms with Crippen LogP contribution >= 0.6 is 0 Å². The number of aromatic nitrogens is 2. The van der Waals surface area contributed by atoms with E-state index < -0.39 is 24.0 Å². The summed E-state index contributed by atoms with van der Waals surface area (Å²) in [7, 11) is 1.18. The number of anilines is 1. The van der Waals surface area contributed by atoms with Gasteiger partial charge in [-0.15, -0.1) is 13.2 Å². The van der Waals surface area contributed by atoms with Crippen LogP contribution in [0, 0.1) is 0 Å². The Morgan fingerprint density at radius 2 is 2.12 bits per heavy atom. The number of carbonyl (C=O) groups excluding carboxylic acids is 2. The number of H-pyrrole nitrogens is 1. The molecule has 2 heterocycles. The monoisotopic (exact) mass is 355 g/mol. The molecule has 0 saturated carbocycles. The summed E-state index contributed by atoms with van der Waals surface area (Å²) >= 11 is 0. The van der Waals surface area contributed by atoms with Gasteiger partial charge in [0.25, 0.3) is 0 Å². The second-order valence-electron chi connectivity index (χ2n) is 5.28. The van der Waals surface area contributed by atoms with Crippen molar-refractivity contribution in [3.63, 3.8) is 0 Å². The molecule has 3 rings (SSSR count). The van der Waals surface area contributed by atoms with Crippen LogP contribution in [0.3, 0.4) is 0 Å². The van der Waals surface area contributed by atoms with Gasteiger partial charge >= 0.3 is 12.3 Å². The zero-order chi connectivity index (χ0) is 18.2. The number of rotatable bonds is 3. The van der Waals surface area contributed by atoms with Gasteiger partial charge in [0.05, 0.1) is 7.11 Å². The van der Waals surface area contributed by atoms with Gasteiger partial charge < -0.3 is 14.8 Å². The summed E-state index contributed by atoms with van der Waals surface area (Å²) in [5, 5.41) is 8.87. The largest absolute Gasteiger partial charge is 0.573 e. The van der Waals surface area contributed by atoms with E-state index in [1.165, 1.54) is 19.2 Å². The van der Waals surface area contributed by atoms with E-state index in [4.69, 9.17) is 0 Å². The Kier molecular flexibility index (Phi) is 4.11. The predicted octanol–water partition coefficient (Wildman–Crippen LogP) is 2.57. The standard InChI is InChI=1S/C15H12F3N3O4/c1-24-14(23)12-11-9(6-10(22)19-13(11)21-20-12)7-3-2-4-8(5-7)25-15(16,17)18/h2-5,9H,6H2,1H3,(H2,19,20,21,22). The van der Waals surface area contributed by atoms with Crippen molar-refractivity contribution >= 4 is 17.7 Å². The third-order valence-corrected chi connectivity index (χ3v) is 3.68. The molecule has 2 N–H and O–H groups in total. The molecule has 1 unspecified atom stereocenters. The van der Waals surface area contributed by atoms with E-state index in [0.29, 0.717) is 11.1 Å². The Morgan fingerprint density at radius 3 is 2.80 bits per heavy atom. The molecular weight excluding hydrogens is 343 g/mol. The quantitative estimate of drug-likeness (QED) is 0.826. The number of hydrogen-bond donors (Lipinski definition) is 2. The van der Waals surface area contributed by atoms with E-state index >= 15 is 0 Å². The van der Waals surface area contributed by atoms with Gasteiger partial charge in [0.2, 0.25) is 5.91 Å². The fourth-order valence-electron chi connectivity index (χ4n) is 2.73. The molecule has 0 fully saturated rings. The number of carbonyl (C=O) groups is 2. The first-order valence-electron chi connectivity index (χ1n) is 7.10. The van der Waals surface area contributed by atoms with Crippen molar-refractivity contribution < 1.29 is 32.2 Å². The number of halogens is 3. The summed E-state index contributed by atoms with van der Waals surface area (Å²) in [4.78, 5) is 23.8. The van der Waals surface area contributed by atoms with E-state index in [0.717, 1.165) is 6.07 Å². The zero-order valence-corrected chi connectivity index (χ0v) is 12.8. The molecular formula is C15H12F3N3O4. The average Bonchev–Trinajstić information content (AvgIpc) is 2.95. The minimum absolute atomic E-state index is 0.0321. The van der Waals surface area contributed by atoms with E-state index in [2.05, 4.69) is 25.0 Å². The molecule has 0 bridgehead atoms. The summed E-state index contributed by atoms with van der Waals surface area (Å²) in [5.74, 6) is -2.02. The van der Waals surface area contributed by atoms with Crippen molar-refractivity contribution in [1.82, 2.24) is 10.2 Å². The molecule has 1 aliphatic rings. The van der Waals surface area contributed by atoms with Gasteiger partial charge in [-0.05, 0) is 17.7 Å². The summed E-state index contributed by atoms with van der Waals surface area (Å²) in [5.41, 5.74) is 0.768. The third kappa shape index (κ3) is 3.42. The highest BCUT2D eigenvalue weighted by Gasteiger charge is 2.35. The normalized spacial score (nSPS) is 16.8. The predicted molar refractivity (Wildman–Crippen MR) is 78.1 cm³/mol. The molecule has 0 spiro atoms. The minimum atomic E-state index is -4.83. The summed E-state index contributed by atoms with van der Waals surface area (Å²) in [6, 6.07) is 5.25. The van der Waals surface area contributed by atoms with E-state index in [1.54, 1.807) is 6.07 Å². The van der Waals surface area contributed by atoms with Crippen molar-refractivity contribution in [2.75, 3.05) is 12.4 Å². The van der Waals surface area contributed by atoms with Crippen LogP contribution < -0.4 is 10.1 Å². The van der Waals surface area contributed by atoms with Crippen LogP contribution in [0.4, 0.5) is 19.0 Å². The maximum Gasteiger partial charge on any atom is 0.573 e. The summed E-state index contributed by atoms with van der Waals surface area (Å²) in [6.07, 6.45) is -4.90. The van der Waals surface area contributed by atoms with Crippen LogP contribution in [0.25, 0.3) is 0 Å². The molecule has 25 heavy (non-hydrogen) atoms. The van der Waals surface area contributed by atoms with Crippen LogP contribution in [0.2, 0.25) is 0 Å². The minimum Gasteiger partial charge on any atom is -0.464 e. The number of fused-ring (bicyclic) bond motifs is 1. The fraction of sp³-hybridized carbons (Fsp3) is 0.267. The third-order valence-electron chi connectivity index (χ3n) is 3.68. The Hall–Kier alpha value is -3.04. The first-order valence-corrected chi connectivity index (χ1v) is 7.10. The van der Waals surface area contributed by atoms with Crippen LogP contribution in [0.15, 0.2) is 24.3 Å². The maximum atomic E-state index is 12.4. The SMILES string of the molecule is COC(=O)c1[nH]nc2c1C(c1cccc(OC(F)(F)F)c1)CC(=O)N2. The van der Waals surface area contributed by atoms with Crippen molar-refractivity contribution in [3.05, 3.63) is 41.1 Å². The number of nitrogens with zero attached hydrogens (tertiary/aromatic N) is 1. The van der Waals surface area contributed by atoms with Crippen LogP contribution in [0.5, 0.6) is 5.75 Å². The zero-order valence-electron chi connectivity index (χ0n) is 12.8. The topological polar surface area (TPSA) is 93.3 Å². The molecule has 1 atom stereocenters. The number of benzene rings is 1. The van der Waals surface area contributed by atoms with E-state index in [-0.39, 0.29) is 23.8 Å². The molecule has 1 aromatic carbocycles. The highest BCUT2D eigenvalue weighted by molar-refractivity contribution is 5.98. The van der Waals surface area contributed by atoms with Crippen molar-refractivity contribution in [3.8, 4) is 5.75 Å². The maximum absolute atomic E-state index is 12.4. The van der Waals surface area contributed by atoms with Gasteiger partial charge in [-0.2, -0.15) is 5.10 Å². The Bertz CT molecular complexity index is 832. The summed E-state index contributed by atoms with van der Waals surface area (Å²) < 4.78 is 45.8. The molecule has 7 nitrogen and oxygen atoms in total. The van der Waals surface area contributed by atoms with Gasteiger partial charge in [-0.1, -0.05) is 12.1 Å². The Morgan fingerprint density at radius 1 is 1.36 bits per heavy atom. The highest BCUT2D eigenvalue weighted by Crippen LogP contribution is 2.39.